The molecule has 0 radical (unpaired) electrons. The fraction of sp³-hybridized carbons (Fsp3) is 0.429. The molecule has 1 aromatic carbocycles. The van der Waals surface area contributed by atoms with Crippen molar-refractivity contribution in [2.45, 2.75) is 45.1 Å². The summed E-state index contributed by atoms with van der Waals surface area (Å²) in [4.78, 5) is 29.8. The number of halogens is 1. The van der Waals surface area contributed by atoms with Gasteiger partial charge in [-0.3, -0.25) is 9.59 Å². The highest BCUT2D eigenvalue weighted by Crippen LogP contribution is 2.30. The topological polar surface area (TPSA) is 131 Å². The number of benzene rings is 1. The van der Waals surface area contributed by atoms with Gasteiger partial charge in [-0.25, -0.2) is 4.98 Å². The molecule has 1 aliphatic carbocycles. The number of nitrogens with two attached hydrogens (primary N) is 1. The smallest absolute Gasteiger partial charge is 0.251 e. The number of primary amides is 1. The van der Waals surface area contributed by atoms with Crippen LogP contribution >= 0.6 is 11.6 Å². The molecule has 1 aliphatic rings. The number of carbonyl (C=O) groups is 2. The molecule has 168 valence electrons. The maximum atomic E-state index is 11.8. The Morgan fingerprint density at radius 2 is 1.90 bits per heavy atom. The minimum absolute atomic E-state index is 0.179. The van der Waals surface area contributed by atoms with Gasteiger partial charge in [0.25, 0.3) is 5.91 Å². The third-order valence-corrected chi connectivity index (χ3v) is 4.90. The highest BCUT2D eigenvalue weighted by Gasteiger charge is 2.16. The number of nitrogens with zero attached hydrogens (tertiary/aromatic N) is 2. The Bertz CT molecular complexity index is 899. The Labute approximate surface area is 187 Å². The van der Waals surface area contributed by atoms with Crippen molar-refractivity contribution in [1.82, 2.24) is 15.3 Å². The van der Waals surface area contributed by atoms with E-state index in [9.17, 15) is 9.59 Å². The number of amides is 2. The zero-order chi connectivity index (χ0) is 22.8. The Balaban J connectivity index is 0.000000785. The van der Waals surface area contributed by atoms with E-state index in [4.69, 9.17) is 16.3 Å². The molecule has 0 unspecified atom stereocenters. The summed E-state index contributed by atoms with van der Waals surface area (Å²) < 4.78 is 5.39. The lowest BCUT2D eigenvalue weighted by Crippen LogP contribution is -2.23. The second-order valence-electron chi connectivity index (χ2n) is 7.10. The first-order valence-corrected chi connectivity index (χ1v) is 10.4. The fourth-order valence-electron chi connectivity index (χ4n) is 3.17. The van der Waals surface area contributed by atoms with Crippen LogP contribution in [0.4, 0.5) is 17.5 Å². The van der Waals surface area contributed by atoms with Gasteiger partial charge in [-0.1, -0.05) is 30.9 Å². The van der Waals surface area contributed by atoms with E-state index in [1.54, 1.807) is 38.6 Å². The second kappa shape index (κ2) is 11.9. The molecule has 2 aromatic rings. The van der Waals surface area contributed by atoms with Crippen LogP contribution in [0.25, 0.3) is 0 Å². The number of rotatable bonds is 6. The summed E-state index contributed by atoms with van der Waals surface area (Å²) in [5.41, 5.74) is 5.65. The van der Waals surface area contributed by atoms with Crippen LogP contribution in [0.3, 0.4) is 0 Å². The summed E-state index contributed by atoms with van der Waals surface area (Å²) >= 11 is 6.26. The molecule has 0 aliphatic heterocycles. The van der Waals surface area contributed by atoms with Crippen molar-refractivity contribution >= 4 is 40.9 Å². The third-order valence-electron chi connectivity index (χ3n) is 4.63. The summed E-state index contributed by atoms with van der Waals surface area (Å²) in [6.45, 7) is 1.31. The van der Waals surface area contributed by atoms with Crippen LogP contribution in [0.2, 0.25) is 5.02 Å². The van der Waals surface area contributed by atoms with E-state index in [0.29, 0.717) is 39.8 Å². The molecule has 0 bridgehead atoms. The molecule has 2 amide bonds. The summed E-state index contributed by atoms with van der Waals surface area (Å²) in [6.07, 6.45) is 7.55. The van der Waals surface area contributed by atoms with Crippen molar-refractivity contribution < 1.29 is 14.3 Å². The van der Waals surface area contributed by atoms with Crippen LogP contribution in [0.1, 0.15) is 49.4 Å². The van der Waals surface area contributed by atoms with E-state index in [1.807, 2.05) is 0 Å². The molecule has 0 spiro atoms. The van der Waals surface area contributed by atoms with E-state index in [-0.39, 0.29) is 11.8 Å². The minimum Gasteiger partial charge on any atom is -0.495 e. The van der Waals surface area contributed by atoms with E-state index < -0.39 is 0 Å². The number of hydrogen-bond donors (Lipinski definition) is 4. The largest absolute Gasteiger partial charge is 0.495 e. The van der Waals surface area contributed by atoms with Crippen molar-refractivity contribution in [1.29, 1.82) is 0 Å². The van der Waals surface area contributed by atoms with Gasteiger partial charge in [-0.05, 0) is 31.0 Å². The lowest BCUT2D eigenvalue weighted by Gasteiger charge is -2.23. The van der Waals surface area contributed by atoms with Gasteiger partial charge in [0.2, 0.25) is 11.9 Å². The summed E-state index contributed by atoms with van der Waals surface area (Å²) in [5, 5.41) is 9.65. The Morgan fingerprint density at radius 1 is 1.23 bits per heavy atom. The first-order chi connectivity index (χ1) is 14.8. The number of methoxy groups -OCH3 is 1. The molecule has 1 aromatic heterocycles. The summed E-state index contributed by atoms with van der Waals surface area (Å²) in [5.74, 6) is 1.05. The average Bonchev–Trinajstić information content (AvgIpc) is 2.76. The molecule has 9 nitrogen and oxygen atoms in total. The van der Waals surface area contributed by atoms with E-state index >= 15 is 0 Å². The number of aromatic nitrogens is 2. The molecule has 10 heteroatoms. The molecular formula is C21H29ClN6O3. The maximum absolute atomic E-state index is 11.8. The number of anilines is 3. The lowest BCUT2D eigenvalue weighted by molar-refractivity contribution is -0.115. The molecule has 31 heavy (non-hydrogen) atoms. The van der Waals surface area contributed by atoms with E-state index in [2.05, 4.69) is 31.7 Å². The average molecular weight is 449 g/mol. The van der Waals surface area contributed by atoms with Gasteiger partial charge < -0.3 is 26.4 Å². The van der Waals surface area contributed by atoms with Crippen molar-refractivity contribution in [3.63, 3.8) is 0 Å². The third kappa shape index (κ3) is 7.60. The normalized spacial score (nSPS) is 13.4. The molecule has 3 rings (SSSR count). The highest BCUT2D eigenvalue weighted by atomic mass is 35.5. The summed E-state index contributed by atoms with van der Waals surface area (Å²) in [6, 6.07) is 5.52. The molecule has 0 atom stereocenters. The van der Waals surface area contributed by atoms with Crippen LogP contribution in [0, 0.1) is 0 Å². The zero-order valence-corrected chi connectivity index (χ0v) is 18.8. The van der Waals surface area contributed by atoms with Gasteiger partial charge in [-0.15, -0.1) is 0 Å². The van der Waals surface area contributed by atoms with Crippen LogP contribution in [-0.4, -0.2) is 42.0 Å². The van der Waals surface area contributed by atoms with Crippen LogP contribution < -0.4 is 26.4 Å². The highest BCUT2D eigenvalue weighted by molar-refractivity contribution is 6.32. The maximum Gasteiger partial charge on any atom is 0.251 e. The predicted octanol–water partition coefficient (Wildman–Crippen LogP) is 3.48. The molecule has 5 N–H and O–H groups in total. The Morgan fingerprint density at radius 3 is 2.52 bits per heavy atom. The zero-order valence-electron chi connectivity index (χ0n) is 18.0. The van der Waals surface area contributed by atoms with Gasteiger partial charge in [0.05, 0.1) is 19.0 Å². The number of carbonyl (C=O) groups excluding carboxylic acids is 2. The summed E-state index contributed by atoms with van der Waals surface area (Å²) in [7, 11) is 3.14. The SMILES string of the molecule is CC(N)=O.CNC(=O)c1ccc(Nc2ncc(Cl)c(NC3CCCCC3)n2)c(OC)c1. The van der Waals surface area contributed by atoms with Gasteiger partial charge in [0.1, 0.15) is 10.8 Å². The number of hydrogen-bond acceptors (Lipinski definition) is 7. The standard InChI is InChI=1S/C19H24ClN5O2.C2H5NO/c1-21-18(26)12-8-9-15(16(10-12)27-2)24-19-22-11-14(20)17(25-19)23-13-6-4-3-5-7-13;1-2(3)4/h8-11,13H,3-7H2,1-2H3,(H,21,26)(H2,22,23,24,25);1H3,(H2,3,4). The van der Waals surface area contributed by atoms with Crippen molar-refractivity contribution in [3.8, 4) is 5.75 Å². The Hall–Kier alpha value is -3.07. The number of ether oxygens (including phenoxy) is 1. The van der Waals surface area contributed by atoms with Crippen molar-refractivity contribution in [2.75, 3.05) is 24.8 Å². The van der Waals surface area contributed by atoms with Crippen molar-refractivity contribution in [3.05, 3.63) is 35.0 Å². The van der Waals surface area contributed by atoms with Gasteiger partial charge in [-0.2, -0.15) is 4.98 Å². The molecule has 1 heterocycles. The number of nitrogens with one attached hydrogen (secondary N) is 3. The van der Waals surface area contributed by atoms with Gasteiger partial charge >= 0.3 is 0 Å². The molecular weight excluding hydrogens is 420 g/mol. The molecule has 0 saturated heterocycles. The second-order valence-corrected chi connectivity index (χ2v) is 7.51. The lowest BCUT2D eigenvalue weighted by atomic mass is 9.95. The quantitative estimate of drug-likeness (QED) is 0.531. The van der Waals surface area contributed by atoms with Crippen molar-refractivity contribution in [2.24, 2.45) is 5.73 Å². The first-order valence-electron chi connectivity index (χ1n) is 10.1. The van der Waals surface area contributed by atoms with E-state index in [0.717, 1.165) is 12.8 Å². The molecule has 1 fully saturated rings. The predicted molar refractivity (Wildman–Crippen MR) is 122 cm³/mol. The monoisotopic (exact) mass is 448 g/mol. The first kappa shape index (κ1) is 24.2. The van der Waals surface area contributed by atoms with Crippen LogP contribution in [0.5, 0.6) is 5.75 Å². The molecule has 1 saturated carbocycles. The van der Waals surface area contributed by atoms with Crippen LogP contribution in [-0.2, 0) is 4.79 Å². The fourth-order valence-corrected chi connectivity index (χ4v) is 3.31. The van der Waals surface area contributed by atoms with E-state index in [1.165, 1.54) is 26.2 Å². The van der Waals surface area contributed by atoms with Gasteiger partial charge in [0, 0.05) is 25.6 Å². The van der Waals surface area contributed by atoms with Crippen LogP contribution in [0.15, 0.2) is 24.4 Å². The minimum atomic E-state index is -0.333. The van der Waals surface area contributed by atoms with Gasteiger partial charge in [0.15, 0.2) is 5.82 Å². The Kier molecular flexibility index (Phi) is 9.33.